The maximum absolute atomic E-state index is 11.9. The standard InChI is InChI=1S/C15H17N3OS2/c1-10(15-17-6-7-21-15)9-18-13(19)8-11-2-4-12(5-3-11)14(16)20/h2-7,10H,8-9H2,1H3,(H2,16,20)(H,18,19). The van der Waals surface area contributed by atoms with Crippen LogP contribution in [0.25, 0.3) is 0 Å². The molecule has 0 aliphatic carbocycles. The summed E-state index contributed by atoms with van der Waals surface area (Å²) in [5, 5.41) is 5.91. The van der Waals surface area contributed by atoms with Crippen LogP contribution in [0.3, 0.4) is 0 Å². The number of amides is 1. The number of nitrogens with one attached hydrogen (secondary N) is 1. The Morgan fingerprint density at radius 3 is 2.71 bits per heavy atom. The number of thiazole rings is 1. The van der Waals surface area contributed by atoms with Crippen molar-refractivity contribution in [3.63, 3.8) is 0 Å². The molecule has 1 amide bonds. The average molecular weight is 319 g/mol. The van der Waals surface area contributed by atoms with Gasteiger partial charge in [-0.1, -0.05) is 43.4 Å². The number of nitrogens with zero attached hydrogens (tertiary/aromatic N) is 1. The predicted molar refractivity (Wildman–Crippen MR) is 89.6 cm³/mol. The minimum Gasteiger partial charge on any atom is -0.389 e. The Hall–Kier alpha value is -1.79. The van der Waals surface area contributed by atoms with Gasteiger partial charge in [-0.25, -0.2) is 4.98 Å². The monoisotopic (exact) mass is 319 g/mol. The lowest BCUT2D eigenvalue weighted by molar-refractivity contribution is -0.120. The summed E-state index contributed by atoms with van der Waals surface area (Å²) >= 11 is 6.50. The van der Waals surface area contributed by atoms with Gasteiger partial charge in [0.1, 0.15) is 4.99 Å². The van der Waals surface area contributed by atoms with Crippen LogP contribution in [0.5, 0.6) is 0 Å². The quantitative estimate of drug-likeness (QED) is 0.801. The summed E-state index contributed by atoms with van der Waals surface area (Å²) < 4.78 is 0. The third-order valence-corrected chi connectivity index (χ3v) is 4.32. The van der Waals surface area contributed by atoms with Gasteiger partial charge in [-0.05, 0) is 5.56 Å². The van der Waals surface area contributed by atoms with Gasteiger partial charge in [-0.3, -0.25) is 4.79 Å². The fraction of sp³-hybridized carbons (Fsp3) is 0.267. The van der Waals surface area contributed by atoms with Gasteiger partial charge in [-0.15, -0.1) is 11.3 Å². The van der Waals surface area contributed by atoms with Gasteiger partial charge in [0.15, 0.2) is 0 Å². The molecular weight excluding hydrogens is 302 g/mol. The van der Waals surface area contributed by atoms with Crippen LogP contribution in [0.1, 0.15) is 29.0 Å². The van der Waals surface area contributed by atoms with E-state index in [-0.39, 0.29) is 11.8 Å². The second-order valence-electron chi connectivity index (χ2n) is 4.81. The van der Waals surface area contributed by atoms with Gasteiger partial charge in [0, 0.05) is 29.6 Å². The van der Waals surface area contributed by atoms with Crippen molar-refractivity contribution < 1.29 is 4.79 Å². The van der Waals surface area contributed by atoms with Crippen LogP contribution in [0, 0.1) is 0 Å². The van der Waals surface area contributed by atoms with Crippen LogP contribution in [0.15, 0.2) is 35.8 Å². The van der Waals surface area contributed by atoms with Gasteiger partial charge >= 0.3 is 0 Å². The third kappa shape index (κ3) is 4.61. The van der Waals surface area contributed by atoms with Crippen LogP contribution >= 0.6 is 23.6 Å². The molecule has 0 saturated heterocycles. The van der Waals surface area contributed by atoms with E-state index in [1.54, 1.807) is 17.5 Å². The minimum absolute atomic E-state index is 0.00137. The first-order valence-corrected chi connectivity index (χ1v) is 7.90. The van der Waals surface area contributed by atoms with E-state index >= 15 is 0 Å². The smallest absolute Gasteiger partial charge is 0.224 e. The normalized spacial score (nSPS) is 11.9. The molecule has 0 aliphatic heterocycles. The Balaban J connectivity index is 1.83. The van der Waals surface area contributed by atoms with Gasteiger partial charge in [0.05, 0.1) is 11.4 Å². The lowest BCUT2D eigenvalue weighted by atomic mass is 10.1. The van der Waals surface area contributed by atoms with Crippen LogP contribution in [-0.2, 0) is 11.2 Å². The molecule has 1 atom stereocenters. The maximum atomic E-state index is 11.9. The molecule has 110 valence electrons. The molecule has 0 fully saturated rings. The second-order valence-corrected chi connectivity index (χ2v) is 6.18. The first kappa shape index (κ1) is 15.6. The van der Waals surface area contributed by atoms with E-state index in [0.717, 1.165) is 16.1 Å². The fourth-order valence-corrected chi connectivity index (χ4v) is 2.70. The van der Waals surface area contributed by atoms with Crippen molar-refractivity contribution in [1.82, 2.24) is 10.3 Å². The summed E-state index contributed by atoms with van der Waals surface area (Å²) in [4.78, 5) is 16.5. The molecule has 0 spiro atoms. The molecule has 4 nitrogen and oxygen atoms in total. The largest absolute Gasteiger partial charge is 0.389 e. The third-order valence-electron chi connectivity index (χ3n) is 3.08. The highest BCUT2D eigenvalue weighted by atomic mass is 32.1. The summed E-state index contributed by atoms with van der Waals surface area (Å²) in [5.41, 5.74) is 7.29. The number of hydrogen-bond donors (Lipinski definition) is 2. The SMILES string of the molecule is CC(CNC(=O)Cc1ccc(C(N)=S)cc1)c1nccs1. The molecule has 21 heavy (non-hydrogen) atoms. The first-order valence-electron chi connectivity index (χ1n) is 6.61. The molecule has 6 heteroatoms. The Bertz CT molecular complexity index is 608. The lowest BCUT2D eigenvalue weighted by Crippen LogP contribution is -2.28. The molecule has 1 aromatic heterocycles. The molecule has 0 aliphatic rings. The number of carbonyl (C=O) groups is 1. The highest BCUT2D eigenvalue weighted by Gasteiger charge is 2.10. The number of rotatable bonds is 6. The number of aromatic nitrogens is 1. The summed E-state index contributed by atoms with van der Waals surface area (Å²) in [6.07, 6.45) is 2.13. The van der Waals surface area contributed by atoms with Crippen LogP contribution in [-0.4, -0.2) is 22.4 Å². The van der Waals surface area contributed by atoms with E-state index in [4.69, 9.17) is 18.0 Å². The zero-order valence-corrected chi connectivity index (χ0v) is 13.3. The summed E-state index contributed by atoms with van der Waals surface area (Å²) in [6.45, 7) is 2.65. The zero-order chi connectivity index (χ0) is 15.2. The predicted octanol–water partition coefficient (Wildman–Crippen LogP) is 2.24. The molecule has 1 heterocycles. The molecule has 1 unspecified atom stereocenters. The summed E-state index contributed by atoms with van der Waals surface area (Å²) in [5.74, 6) is 0.229. The van der Waals surface area contributed by atoms with Crippen molar-refractivity contribution in [2.24, 2.45) is 5.73 Å². The maximum Gasteiger partial charge on any atom is 0.224 e. The molecule has 0 saturated carbocycles. The number of hydrogen-bond acceptors (Lipinski definition) is 4. The summed E-state index contributed by atoms with van der Waals surface area (Å²) in [6, 6.07) is 7.42. The van der Waals surface area contributed by atoms with Gasteiger partial charge in [0.2, 0.25) is 5.91 Å². The van der Waals surface area contributed by atoms with E-state index in [2.05, 4.69) is 17.2 Å². The first-order chi connectivity index (χ1) is 10.1. The average Bonchev–Trinajstić information content (AvgIpc) is 2.99. The van der Waals surface area contributed by atoms with Crippen molar-refractivity contribution in [1.29, 1.82) is 0 Å². The van der Waals surface area contributed by atoms with Crippen molar-refractivity contribution >= 4 is 34.5 Å². The van der Waals surface area contributed by atoms with Gasteiger partial charge in [-0.2, -0.15) is 0 Å². The number of nitrogens with two attached hydrogens (primary N) is 1. The van der Waals surface area contributed by atoms with Crippen molar-refractivity contribution in [3.05, 3.63) is 52.0 Å². The number of benzene rings is 1. The Kier molecular flexibility index (Phi) is 5.41. The molecule has 0 bridgehead atoms. The second kappa shape index (κ2) is 7.28. The van der Waals surface area contributed by atoms with Crippen LogP contribution < -0.4 is 11.1 Å². The fourth-order valence-electron chi connectivity index (χ4n) is 1.87. The molecule has 3 N–H and O–H groups in total. The number of carbonyl (C=O) groups excluding carboxylic acids is 1. The zero-order valence-electron chi connectivity index (χ0n) is 11.7. The Morgan fingerprint density at radius 1 is 1.43 bits per heavy atom. The van der Waals surface area contributed by atoms with E-state index in [9.17, 15) is 4.79 Å². The highest BCUT2D eigenvalue weighted by molar-refractivity contribution is 7.80. The van der Waals surface area contributed by atoms with Crippen molar-refractivity contribution in [3.8, 4) is 0 Å². The van der Waals surface area contributed by atoms with Crippen LogP contribution in [0.2, 0.25) is 0 Å². The van der Waals surface area contributed by atoms with Gasteiger partial charge in [0.25, 0.3) is 0 Å². The van der Waals surface area contributed by atoms with Gasteiger partial charge < -0.3 is 11.1 Å². The molecule has 1 aromatic carbocycles. The van der Waals surface area contributed by atoms with E-state index in [1.165, 1.54) is 0 Å². The lowest BCUT2D eigenvalue weighted by Gasteiger charge is -2.10. The van der Waals surface area contributed by atoms with E-state index in [0.29, 0.717) is 18.0 Å². The van der Waals surface area contributed by atoms with Crippen LogP contribution in [0.4, 0.5) is 0 Å². The Morgan fingerprint density at radius 2 is 2.14 bits per heavy atom. The summed E-state index contributed by atoms with van der Waals surface area (Å²) in [7, 11) is 0. The molecule has 0 radical (unpaired) electrons. The van der Waals surface area contributed by atoms with Crippen molar-refractivity contribution in [2.45, 2.75) is 19.3 Å². The molecule has 2 rings (SSSR count). The Labute approximate surface area is 133 Å². The topological polar surface area (TPSA) is 68.0 Å². The number of thiocarbonyl (C=S) groups is 1. The minimum atomic E-state index is 0.00137. The van der Waals surface area contributed by atoms with E-state index in [1.807, 2.05) is 29.6 Å². The van der Waals surface area contributed by atoms with Crippen molar-refractivity contribution in [2.75, 3.05) is 6.54 Å². The highest BCUT2D eigenvalue weighted by Crippen LogP contribution is 2.16. The molecular formula is C15H17N3OS2. The molecule has 2 aromatic rings. The van der Waals surface area contributed by atoms with E-state index < -0.39 is 0 Å².